The van der Waals surface area contributed by atoms with Crippen LogP contribution in [0.25, 0.3) is 0 Å². The monoisotopic (exact) mass is 240 g/mol. The summed E-state index contributed by atoms with van der Waals surface area (Å²) < 4.78 is 0. The van der Waals surface area contributed by atoms with Crippen LogP contribution in [0.4, 0.5) is 0 Å². The zero-order valence-electron chi connectivity index (χ0n) is 9.45. The lowest BCUT2D eigenvalue weighted by Crippen LogP contribution is -2.11. The number of aliphatic hydroxyl groups excluding tert-OH is 1. The molecule has 1 N–H and O–H groups in total. The first-order chi connectivity index (χ1) is 7.65. The van der Waals surface area contributed by atoms with Gasteiger partial charge in [-0.25, -0.2) is 0 Å². The van der Waals surface area contributed by atoms with Gasteiger partial charge in [-0.15, -0.1) is 0 Å². The number of halogens is 1. The summed E-state index contributed by atoms with van der Waals surface area (Å²) >= 11 is 5.73. The number of hydrogen-bond donors (Lipinski definition) is 1. The third kappa shape index (κ3) is 3.95. The van der Waals surface area contributed by atoms with Crippen LogP contribution in [0, 0.1) is 0 Å². The topological polar surface area (TPSA) is 37.3 Å². The molecule has 88 valence electrons. The molecule has 0 aliphatic carbocycles. The predicted molar refractivity (Wildman–Crippen MR) is 65.6 cm³/mol. The molecule has 0 spiro atoms. The minimum atomic E-state index is -1.01. The first-order valence-electron chi connectivity index (χ1n) is 5.61. The van der Waals surface area contributed by atoms with Crippen LogP contribution in [0.1, 0.15) is 44.3 Å². The molecule has 0 heterocycles. The Kier molecular flexibility index (Phi) is 5.50. The highest BCUT2D eigenvalue weighted by Crippen LogP contribution is 2.19. The van der Waals surface area contributed by atoms with Crippen molar-refractivity contribution in [2.75, 3.05) is 0 Å². The number of hydrogen-bond acceptors (Lipinski definition) is 2. The minimum absolute atomic E-state index is 0.115. The second-order valence-corrected chi connectivity index (χ2v) is 4.31. The molecule has 1 aromatic carbocycles. The molecule has 1 atom stereocenters. The Morgan fingerprint density at radius 2 is 1.94 bits per heavy atom. The Morgan fingerprint density at radius 3 is 2.50 bits per heavy atom. The first kappa shape index (κ1) is 13.2. The third-order valence-electron chi connectivity index (χ3n) is 2.52. The normalized spacial score (nSPS) is 12.4. The average Bonchev–Trinajstić information content (AvgIpc) is 2.29. The average molecular weight is 241 g/mol. The molecule has 0 radical (unpaired) electrons. The maximum Gasteiger partial charge on any atom is 0.165 e. The molecule has 3 heteroatoms. The number of benzene rings is 1. The molecule has 0 aliphatic heterocycles. The van der Waals surface area contributed by atoms with Gasteiger partial charge in [0, 0.05) is 11.4 Å². The van der Waals surface area contributed by atoms with Gasteiger partial charge in [-0.2, -0.15) is 0 Å². The molecule has 0 aliphatic rings. The number of unbranched alkanes of at least 4 members (excludes halogenated alkanes) is 2. The third-order valence-corrected chi connectivity index (χ3v) is 2.77. The van der Waals surface area contributed by atoms with E-state index in [1.54, 1.807) is 24.3 Å². The van der Waals surface area contributed by atoms with E-state index in [2.05, 4.69) is 6.92 Å². The van der Waals surface area contributed by atoms with Crippen LogP contribution >= 0.6 is 11.6 Å². The quantitative estimate of drug-likeness (QED) is 0.773. The lowest BCUT2D eigenvalue weighted by Gasteiger charge is -2.09. The second-order valence-electron chi connectivity index (χ2n) is 3.88. The lowest BCUT2D eigenvalue weighted by atomic mass is 10.0. The summed E-state index contributed by atoms with van der Waals surface area (Å²) in [5.41, 5.74) is 0.617. The number of Topliss-reactive ketones (excluding diaryl/α,β-unsaturated/α-hetero) is 1. The standard InChI is InChI=1S/C13H17ClO2/c1-2-3-4-5-12(15)13(16)10-6-8-11(14)9-7-10/h6-9,13,16H,2-5H2,1H3. The summed E-state index contributed by atoms with van der Waals surface area (Å²) in [6.45, 7) is 2.08. The van der Waals surface area contributed by atoms with Gasteiger partial charge in [0.25, 0.3) is 0 Å². The van der Waals surface area contributed by atoms with Gasteiger partial charge < -0.3 is 5.11 Å². The van der Waals surface area contributed by atoms with E-state index in [4.69, 9.17) is 11.6 Å². The molecule has 0 bridgehead atoms. The van der Waals surface area contributed by atoms with Gasteiger partial charge in [0.15, 0.2) is 5.78 Å². The molecule has 0 fully saturated rings. The van der Waals surface area contributed by atoms with Crippen LogP contribution in [-0.2, 0) is 4.79 Å². The number of ketones is 1. The Balaban J connectivity index is 2.53. The lowest BCUT2D eigenvalue weighted by molar-refractivity contribution is -0.127. The highest BCUT2D eigenvalue weighted by molar-refractivity contribution is 6.30. The van der Waals surface area contributed by atoms with Gasteiger partial charge in [0.05, 0.1) is 0 Å². The van der Waals surface area contributed by atoms with Crippen LogP contribution in [0.2, 0.25) is 5.02 Å². The van der Waals surface area contributed by atoms with Crippen LogP contribution < -0.4 is 0 Å². The van der Waals surface area contributed by atoms with Gasteiger partial charge >= 0.3 is 0 Å². The summed E-state index contributed by atoms with van der Waals surface area (Å²) in [5.74, 6) is -0.115. The van der Waals surface area contributed by atoms with Crippen molar-refractivity contribution in [3.05, 3.63) is 34.9 Å². The number of carbonyl (C=O) groups is 1. The Labute approximate surface area is 101 Å². The van der Waals surface area contributed by atoms with Crippen molar-refractivity contribution < 1.29 is 9.90 Å². The molecule has 0 aromatic heterocycles. The SMILES string of the molecule is CCCCCC(=O)C(O)c1ccc(Cl)cc1. The van der Waals surface area contributed by atoms with Gasteiger partial charge in [-0.3, -0.25) is 4.79 Å². The number of aliphatic hydroxyl groups is 1. The number of carbonyl (C=O) groups excluding carboxylic acids is 1. The Morgan fingerprint density at radius 1 is 1.31 bits per heavy atom. The van der Waals surface area contributed by atoms with Crippen molar-refractivity contribution in [2.45, 2.75) is 38.7 Å². The largest absolute Gasteiger partial charge is 0.381 e. The molecular weight excluding hydrogens is 224 g/mol. The van der Waals surface area contributed by atoms with Crippen molar-refractivity contribution >= 4 is 17.4 Å². The van der Waals surface area contributed by atoms with Crippen LogP contribution in [0.5, 0.6) is 0 Å². The summed E-state index contributed by atoms with van der Waals surface area (Å²) in [6, 6.07) is 6.73. The smallest absolute Gasteiger partial charge is 0.165 e. The van der Waals surface area contributed by atoms with E-state index in [-0.39, 0.29) is 5.78 Å². The fourth-order valence-corrected chi connectivity index (χ4v) is 1.64. The summed E-state index contributed by atoms with van der Waals surface area (Å²) in [5, 5.41) is 10.4. The summed E-state index contributed by atoms with van der Waals surface area (Å²) in [7, 11) is 0. The van der Waals surface area contributed by atoms with Gasteiger partial charge in [-0.05, 0) is 24.1 Å². The Hall–Kier alpha value is -0.860. The predicted octanol–water partition coefficient (Wildman–Crippen LogP) is 3.52. The van der Waals surface area contributed by atoms with Crippen LogP contribution in [0.3, 0.4) is 0 Å². The molecule has 2 nitrogen and oxygen atoms in total. The summed E-state index contributed by atoms with van der Waals surface area (Å²) in [6.07, 6.45) is 2.38. The maximum atomic E-state index is 11.6. The fourth-order valence-electron chi connectivity index (χ4n) is 1.52. The molecule has 0 saturated carbocycles. The van der Waals surface area contributed by atoms with Crippen molar-refractivity contribution in [3.63, 3.8) is 0 Å². The van der Waals surface area contributed by atoms with E-state index < -0.39 is 6.10 Å². The molecule has 1 aromatic rings. The van der Waals surface area contributed by atoms with Gasteiger partial charge in [-0.1, -0.05) is 43.5 Å². The highest BCUT2D eigenvalue weighted by atomic mass is 35.5. The van der Waals surface area contributed by atoms with Crippen molar-refractivity contribution in [1.29, 1.82) is 0 Å². The van der Waals surface area contributed by atoms with E-state index in [0.717, 1.165) is 19.3 Å². The van der Waals surface area contributed by atoms with Crippen molar-refractivity contribution in [2.24, 2.45) is 0 Å². The van der Waals surface area contributed by atoms with Crippen LogP contribution in [0.15, 0.2) is 24.3 Å². The molecule has 0 saturated heterocycles. The highest BCUT2D eigenvalue weighted by Gasteiger charge is 2.16. The minimum Gasteiger partial charge on any atom is -0.381 e. The van der Waals surface area contributed by atoms with Gasteiger partial charge in [0.2, 0.25) is 0 Å². The summed E-state index contributed by atoms with van der Waals surface area (Å²) in [4.78, 5) is 11.6. The molecular formula is C13H17ClO2. The van der Waals surface area contributed by atoms with Crippen molar-refractivity contribution in [1.82, 2.24) is 0 Å². The zero-order valence-corrected chi connectivity index (χ0v) is 10.2. The first-order valence-corrected chi connectivity index (χ1v) is 5.99. The molecule has 1 unspecified atom stereocenters. The molecule has 16 heavy (non-hydrogen) atoms. The van der Waals surface area contributed by atoms with E-state index in [1.807, 2.05) is 0 Å². The maximum absolute atomic E-state index is 11.6. The van der Waals surface area contributed by atoms with Crippen molar-refractivity contribution in [3.8, 4) is 0 Å². The fraction of sp³-hybridized carbons (Fsp3) is 0.462. The van der Waals surface area contributed by atoms with E-state index in [1.165, 1.54) is 0 Å². The van der Waals surface area contributed by atoms with E-state index >= 15 is 0 Å². The second kappa shape index (κ2) is 6.66. The van der Waals surface area contributed by atoms with Crippen LogP contribution in [-0.4, -0.2) is 10.9 Å². The molecule has 0 amide bonds. The molecule has 1 rings (SSSR count). The Bertz CT molecular complexity index is 332. The van der Waals surface area contributed by atoms with Gasteiger partial charge in [0.1, 0.15) is 6.10 Å². The van der Waals surface area contributed by atoms with E-state index in [0.29, 0.717) is 17.0 Å². The zero-order chi connectivity index (χ0) is 12.0. The van der Waals surface area contributed by atoms with E-state index in [9.17, 15) is 9.90 Å². The number of rotatable bonds is 6.